The van der Waals surface area contributed by atoms with E-state index in [9.17, 15) is 10.2 Å². The minimum Gasteiger partial charge on any atom is -0.508 e. The molecule has 0 aliphatic carbocycles. The second kappa shape index (κ2) is 12.8. The first kappa shape index (κ1) is 37.3. The molecule has 0 saturated heterocycles. The van der Waals surface area contributed by atoms with Crippen LogP contribution in [0.15, 0.2) is 91.0 Å². The summed E-state index contributed by atoms with van der Waals surface area (Å²) < 4.78 is 0. The molecule has 2 aliphatic heterocycles. The maximum absolute atomic E-state index is 11.2. The van der Waals surface area contributed by atoms with Gasteiger partial charge < -0.3 is 20.2 Å². The van der Waals surface area contributed by atoms with Crippen molar-refractivity contribution >= 4 is 44.1 Å². The zero-order valence-corrected chi connectivity index (χ0v) is 35.2. The molecule has 8 aromatic rings. The van der Waals surface area contributed by atoms with Gasteiger partial charge in [0.25, 0.3) is 0 Å². The number of hydrogen-bond acceptors (Lipinski definition) is 8. The summed E-state index contributed by atoms with van der Waals surface area (Å²) in [5.41, 5.74) is 9.44. The first-order valence-electron chi connectivity index (χ1n) is 20.3. The smallest absolute Gasteiger partial charge is 0.165 e. The number of hydrogen-bond donors (Lipinski definition) is 4. The molecule has 298 valence electrons. The van der Waals surface area contributed by atoms with Gasteiger partial charge in [-0.2, -0.15) is 0 Å². The average molecular weight is 791 g/mol. The number of phenolic OH excluding ortho intramolecular Hbond substituents is 2. The van der Waals surface area contributed by atoms with E-state index < -0.39 is 0 Å². The third-order valence-corrected chi connectivity index (χ3v) is 11.6. The van der Waals surface area contributed by atoms with E-state index in [1.807, 2.05) is 18.2 Å². The Bertz CT molecular complexity index is 3280. The van der Waals surface area contributed by atoms with Gasteiger partial charge in [-0.25, -0.2) is 29.9 Å². The highest BCUT2D eigenvalue weighted by atomic mass is 16.3. The molecule has 60 heavy (non-hydrogen) atoms. The summed E-state index contributed by atoms with van der Waals surface area (Å²) in [6.45, 7) is 19.8. The number of aromatic nitrogens is 8. The van der Waals surface area contributed by atoms with Crippen molar-refractivity contribution < 1.29 is 10.2 Å². The Morgan fingerprint density at radius 2 is 0.833 bits per heavy atom. The summed E-state index contributed by atoms with van der Waals surface area (Å²) in [6.07, 6.45) is 0. The fourth-order valence-electron chi connectivity index (χ4n) is 8.82. The van der Waals surface area contributed by atoms with Crippen LogP contribution in [-0.4, -0.2) is 50.1 Å². The lowest BCUT2D eigenvalue weighted by molar-refractivity contribution is 0.462. The van der Waals surface area contributed by atoms with E-state index >= 15 is 0 Å². The van der Waals surface area contributed by atoms with Crippen LogP contribution in [0.25, 0.3) is 101 Å². The molecule has 10 nitrogen and oxygen atoms in total. The van der Waals surface area contributed by atoms with Gasteiger partial charge in [0.2, 0.25) is 0 Å². The number of nitrogens with one attached hydrogen (secondary N) is 2. The third-order valence-electron chi connectivity index (χ3n) is 11.6. The van der Waals surface area contributed by atoms with Crippen molar-refractivity contribution in [3.63, 3.8) is 0 Å². The van der Waals surface area contributed by atoms with Crippen molar-refractivity contribution in [2.75, 3.05) is 0 Å². The van der Waals surface area contributed by atoms with Crippen molar-refractivity contribution in [1.82, 2.24) is 39.9 Å². The molecule has 0 atom stereocenters. The van der Waals surface area contributed by atoms with E-state index in [4.69, 9.17) is 29.9 Å². The number of phenols is 2. The van der Waals surface area contributed by atoms with Gasteiger partial charge in [0, 0.05) is 49.4 Å². The molecular weight excluding hydrogens is 745 g/mol. The summed E-state index contributed by atoms with van der Waals surface area (Å²) >= 11 is 0. The normalized spacial score (nSPS) is 12.9. The van der Waals surface area contributed by atoms with Crippen molar-refractivity contribution in [3.05, 3.63) is 108 Å². The molecule has 5 heterocycles. The van der Waals surface area contributed by atoms with Gasteiger partial charge in [-0.3, -0.25) is 0 Å². The predicted octanol–water partition coefficient (Wildman–Crippen LogP) is 11.8. The Hall–Kier alpha value is -6.94. The maximum Gasteiger partial charge on any atom is 0.165 e. The molecule has 8 bridgehead atoms. The average Bonchev–Trinajstić information content (AvgIpc) is 3.93. The number of rotatable bonds is 1. The Morgan fingerprint density at radius 1 is 0.400 bits per heavy atom. The fraction of sp³-hybridized carbons (Fsp3) is 0.240. The van der Waals surface area contributed by atoms with E-state index in [0.717, 1.165) is 54.9 Å². The Balaban J connectivity index is 1.45. The molecule has 0 spiro atoms. The van der Waals surface area contributed by atoms with Gasteiger partial charge in [0.05, 0.1) is 0 Å². The van der Waals surface area contributed by atoms with Crippen molar-refractivity contribution in [2.24, 2.45) is 0 Å². The highest BCUT2D eigenvalue weighted by Crippen LogP contribution is 2.46. The number of benzene rings is 5. The quantitative estimate of drug-likeness (QED) is 0.120. The minimum absolute atomic E-state index is 0.0187. The molecule has 0 amide bonds. The minimum atomic E-state index is -0.237. The van der Waals surface area contributed by atoms with Gasteiger partial charge in [-0.15, -0.1) is 0 Å². The molecule has 0 unspecified atom stereocenters. The van der Waals surface area contributed by atoms with Crippen LogP contribution in [0.5, 0.6) is 11.5 Å². The van der Waals surface area contributed by atoms with Gasteiger partial charge in [0.15, 0.2) is 23.3 Å². The zero-order chi connectivity index (χ0) is 42.0. The molecule has 3 aromatic heterocycles. The van der Waals surface area contributed by atoms with Crippen LogP contribution < -0.4 is 0 Å². The lowest BCUT2D eigenvalue weighted by atomic mass is 9.82. The first-order chi connectivity index (χ1) is 28.5. The van der Waals surface area contributed by atoms with E-state index in [2.05, 4.69) is 127 Å². The molecule has 10 rings (SSSR count). The van der Waals surface area contributed by atoms with Crippen LogP contribution in [0.1, 0.15) is 79.0 Å². The molecule has 0 saturated carbocycles. The summed E-state index contributed by atoms with van der Waals surface area (Å²) in [7, 11) is 0. The number of H-pyrrole nitrogens is 2. The summed E-state index contributed by atoms with van der Waals surface area (Å²) in [5.74, 6) is 2.02. The zero-order valence-electron chi connectivity index (χ0n) is 35.2. The maximum atomic E-state index is 11.2. The third kappa shape index (κ3) is 5.84. The van der Waals surface area contributed by atoms with E-state index in [0.29, 0.717) is 62.6 Å². The largest absolute Gasteiger partial charge is 0.508 e. The summed E-state index contributed by atoms with van der Waals surface area (Å²) in [6, 6.07) is 29.2. The number of aromatic amines is 2. The van der Waals surface area contributed by atoms with E-state index in [1.165, 1.54) is 12.1 Å². The fourth-order valence-corrected chi connectivity index (χ4v) is 8.82. The summed E-state index contributed by atoms with van der Waals surface area (Å²) in [4.78, 5) is 39.2. The Morgan fingerprint density at radius 3 is 1.37 bits per heavy atom. The lowest BCUT2D eigenvalue weighted by Crippen LogP contribution is -2.12. The molecule has 0 radical (unpaired) electrons. The molecule has 0 fully saturated rings. The van der Waals surface area contributed by atoms with Crippen LogP contribution in [0, 0.1) is 0 Å². The van der Waals surface area contributed by atoms with Crippen LogP contribution in [-0.2, 0) is 16.2 Å². The van der Waals surface area contributed by atoms with E-state index in [1.54, 1.807) is 6.07 Å². The second-order valence-corrected chi connectivity index (χ2v) is 19.0. The van der Waals surface area contributed by atoms with E-state index in [-0.39, 0.29) is 27.7 Å². The number of fused-ring (bicyclic) bond motifs is 20. The highest BCUT2D eigenvalue weighted by molar-refractivity contribution is 6.09. The second-order valence-electron chi connectivity index (χ2n) is 19.0. The highest BCUT2D eigenvalue weighted by Gasteiger charge is 2.30. The van der Waals surface area contributed by atoms with Crippen molar-refractivity contribution in [1.29, 1.82) is 0 Å². The van der Waals surface area contributed by atoms with Gasteiger partial charge in [0.1, 0.15) is 34.1 Å². The SMILES string of the molecule is CC(C)(C)c1cccc2c1-c1nc-2nc2[nH]c(nc3nc(nc4[nH]c(n1)c1cccc(C(C)(C)C)c41)-c1cccc(-c4cc(O)ccc4O)c1-3)c1cccc(C(C)(C)C)c21. The van der Waals surface area contributed by atoms with Gasteiger partial charge in [-0.1, -0.05) is 135 Å². The van der Waals surface area contributed by atoms with Gasteiger partial charge in [-0.05, 0) is 56.7 Å². The van der Waals surface area contributed by atoms with Crippen molar-refractivity contribution in [3.8, 4) is 68.2 Å². The van der Waals surface area contributed by atoms with Crippen LogP contribution >= 0.6 is 0 Å². The first-order valence-corrected chi connectivity index (χ1v) is 20.3. The monoisotopic (exact) mass is 790 g/mol. The number of nitrogens with zero attached hydrogens (tertiary/aromatic N) is 6. The Kier molecular flexibility index (Phi) is 7.95. The lowest BCUT2D eigenvalue weighted by Gasteiger charge is -2.22. The molecule has 5 aromatic carbocycles. The van der Waals surface area contributed by atoms with Crippen LogP contribution in [0.2, 0.25) is 0 Å². The number of aromatic hydroxyl groups is 2. The standard InChI is InChI=1S/C50H46N8O2/c1-48(2,3)32-19-11-16-28-37(32)46-54-41(28)52-44-36-26(31-24-25(59)22-23-35(31)60)14-10-15-27(36)40(51-44)53-45-38-29(17-12-20-33(38)49(4,5)6)42(55-45)57-47-39-30(43(56-46)58-47)18-13-21-34(39)50(7,8)9/h10-24,59-60H,1-9H3,(H2,51,52,53,54,55,56,57,58). The predicted molar refractivity (Wildman–Crippen MR) is 241 cm³/mol. The molecule has 2 aliphatic rings. The van der Waals surface area contributed by atoms with Crippen LogP contribution in [0.3, 0.4) is 0 Å². The van der Waals surface area contributed by atoms with Crippen molar-refractivity contribution in [2.45, 2.75) is 78.6 Å². The summed E-state index contributed by atoms with van der Waals surface area (Å²) in [5, 5.41) is 25.5. The Labute approximate surface area is 347 Å². The topological polar surface area (TPSA) is 149 Å². The van der Waals surface area contributed by atoms with Crippen LogP contribution in [0.4, 0.5) is 0 Å². The van der Waals surface area contributed by atoms with Gasteiger partial charge >= 0.3 is 0 Å². The molecule has 10 heteroatoms. The molecule has 4 N–H and O–H groups in total. The molecular formula is C50H46N8O2.